The van der Waals surface area contributed by atoms with Gasteiger partial charge in [0, 0.05) is 24.8 Å². The quantitative estimate of drug-likeness (QED) is 0.867. The van der Waals surface area contributed by atoms with E-state index in [2.05, 4.69) is 30.3 Å². The molecule has 0 saturated heterocycles. The van der Waals surface area contributed by atoms with Gasteiger partial charge in [-0.3, -0.25) is 4.68 Å². The standard InChI is InChI=1S/C15H21N3O/c1-4-16-12(2)14-7-5-6-8-15(14)19-11-13-9-10-18(3)17-13/h5-10,12,16H,4,11H2,1-3H3. The molecule has 2 rings (SSSR count). The van der Waals surface area contributed by atoms with E-state index in [1.807, 2.05) is 37.5 Å². The first-order valence-corrected chi connectivity index (χ1v) is 6.64. The molecule has 0 saturated carbocycles. The summed E-state index contributed by atoms with van der Waals surface area (Å²) in [6, 6.07) is 10.4. The molecule has 102 valence electrons. The van der Waals surface area contributed by atoms with E-state index >= 15 is 0 Å². The Morgan fingerprint density at radius 2 is 2.11 bits per heavy atom. The summed E-state index contributed by atoms with van der Waals surface area (Å²) in [6.07, 6.45) is 1.92. The van der Waals surface area contributed by atoms with E-state index in [9.17, 15) is 0 Å². The second kappa shape index (κ2) is 6.38. The first kappa shape index (κ1) is 13.6. The van der Waals surface area contributed by atoms with E-state index in [0.29, 0.717) is 6.61 Å². The van der Waals surface area contributed by atoms with Crippen molar-refractivity contribution in [2.75, 3.05) is 6.54 Å². The number of hydrogen-bond acceptors (Lipinski definition) is 3. The minimum atomic E-state index is 0.282. The second-order valence-electron chi connectivity index (χ2n) is 4.59. The third-order valence-electron chi connectivity index (χ3n) is 3.04. The third kappa shape index (κ3) is 3.58. The van der Waals surface area contributed by atoms with E-state index in [0.717, 1.165) is 18.0 Å². The van der Waals surface area contributed by atoms with Gasteiger partial charge in [-0.25, -0.2) is 0 Å². The maximum atomic E-state index is 5.89. The first-order chi connectivity index (χ1) is 9.20. The molecule has 0 amide bonds. The number of para-hydroxylation sites is 1. The van der Waals surface area contributed by atoms with Gasteiger partial charge in [0.05, 0.1) is 5.69 Å². The van der Waals surface area contributed by atoms with Crippen molar-refractivity contribution in [2.45, 2.75) is 26.5 Å². The molecule has 2 aromatic rings. The van der Waals surface area contributed by atoms with Gasteiger partial charge in [-0.2, -0.15) is 5.10 Å². The van der Waals surface area contributed by atoms with Gasteiger partial charge in [-0.05, 0) is 25.6 Å². The molecule has 1 aromatic heterocycles. The number of benzene rings is 1. The molecular formula is C15H21N3O. The van der Waals surface area contributed by atoms with Crippen molar-refractivity contribution in [3.05, 3.63) is 47.8 Å². The summed E-state index contributed by atoms with van der Waals surface area (Å²) >= 11 is 0. The molecule has 0 bridgehead atoms. The molecule has 0 fully saturated rings. The average Bonchev–Trinajstić information content (AvgIpc) is 2.83. The molecule has 0 radical (unpaired) electrons. The highest BCUT2D eigenvalue weighted by atomic mass is 16.5. The molecule has 1 atom stereocenters. The minimum Gasteiger partial charge on any atom is -0.487 e. The summed E-state index contributed by atoms with van der Waals surface area (Å²) in [5.74, 6) is 0.918. The Kier molecular flexibility index (Phi) is 4.58. The molecule has 19 heavy (non-hydrogen) atoms. The molecule has 0 spiro atoms. The van der Waals surface area contributed by atoms with Crippen molar-refractivity contribution in [1.29, 1.82) is 0 Å². The van der Waals surface area contributed by atoms with E-state index in [4.69, 9.17) is 4.74 Å². The maximum Gasteiger partial charge on any atom is 0.132 e. The van der Waals surface area contributed by atoms with Gasteiger partial charge in [0.1, 0.15) is 12.4 Å². The van der Waals surface area contributed by atoms with Gasteiger partial charge in [0.15, 0.2) is 0 Å². The van der Waals surface area contributed by atoms with Crippen LogP contribution in [0.25, 0.3) is 0 Å². The summed E-state index contributed by atoms with van der Waals surface area (Å²) in [5.41, 5.74) is 2.12. The van der Waals surface area contributed by atoms with Crippen LogP contribution >= 0.6 is 0 Å². The van der Waals surface area contributed by atoms with Crippen LogP contribution in [0.3, 0.4) is 0 Å². The van der Waals surface area contributed by atoms with Gasteiger partial charge in [0.25, 0.3) is 0 Å². The Labute approximate surface area is 114 Å². The van der Waals surface area contributed by atoms with Crippen molar-refractivity contribution < 1.29 is 4.74 Å². The summed E-state index contributed by atoms with van der Waals surface area (Å²) in [6.45, 7) is 5.69. The lowest BCUT2D eigenvalue weighted by Crippen LogP contribution is -2.18. The Morgan fingerprint density at radius 3 is 2.79 bits per heavy atom. The zero-order valence-corrected chi connectivity index (χ0v) is 11.8. The molecule has 0 aliphatic heterocycles. The number of nitrogens with zero attached hydrogens (tertiary/aromatic N) is 2. The second-order valence-corrected chi connectivity index (χ2v) is 4.59. The summed E-state index contributed by atoms with van der Waals surface area (Å²) < 4.78 is 7.67. The number of hydrogen-bond donors (Lipinski definition) is 1. The molecule has 1 unspecified atom stereocenters. The molecular weight excluding hydrogens is 238 g/mol. The highest BCUT2D eigenvalue weighted by Crippen LogP contribution is 2.25. The average molecular weight is 259 g/mol. The van der Waals surface area contributed by atoms with Crippen LogP contribution < -0.4 is 10.1 Å². The van der Waals surface area contributed by atoms with Crippen molar-refractivity contribution in [3.8, 4) is 5.75 Å². The van der Waals surface area contributed by atoms with Crippen LogP contribution in [0.4, 0.5) is 0 Å². The van der Waals surface area contributed by atoms with Crippen LogP contribution in [-0.4, -0.2) is 16.3 Å². The highest BCUT2D eigenvalue weighted by molar-refractivity contribution is 5.35. The van der Waals surface area contributed by atoms with Crippen molar-refractivity contribution >= 4 is 0 Å². The van der Waals surface area contributed by atoms with Crippen LogP contribution in [0, 0.1) is 0 Å². The van der Waals surface area contributed by atoms with Gasteiger partial charge in [0.2, 0.25) is 0 Å². The Balaban J connectivity index is 2.07. The van der Waals surface area contributed by atoms with Crippen LogP contribution in [0.2, 0.25) is 0 Å². The maximum absolute atomic E-state index is 5.89. The Morgan fingerprint density at radius 1 is 1.32 bits per heavy atom. The molecule has 1 N–H and O–H groups in total. The van der Waals surface area contributed by atoms with E-state index < -0.39 is 0 Å². The fourth-order valence-corrected chi connectivity index (χ4v) is 2.08. The highest BCUT2D eigenvalue weighted by Gasteiger charge is 2.10. The molecule has 0 aliphatic rings. The third-order valence-corrected chi connectivity index (χ3v) is 3.04. The van der Waals surface area contributed by atoms with Crippen molar-refractivity contribution in [2.24, 2.45) is 7.05 Å². The molecule has 0 aliphatic carbocycles. The fraction of sp³-hybridized carbons (Fsp3) is 0.400. The molecule has 1 aromatic carbocycles. The van der Waals surface area contributed by atoms with Crippen LogP contribution in [0.5, 0.6) is 5.75 Å². The smallest absolute Gasteiger partial charge is 0.132 e. The SMILES string of the molecule is CCNC(C)c1ccccc1OCc1ccn(C)n1. The fourth-order valence-electron chi connectivity index (χ4n) is 2.08. The Bertz CT molecular complexity index is 522. The molecule has 4 nitrogen and oxygen atoms in total. The van der Waals surface area contributed by atoms with Crippen LogP contribution in [-0.2, 0) is 13.7 Å². The van der Waals surface area contributed by atoms with Gasteiger partial charge in [-0.1, -0.05) is 25.1 Å². The number of aromatic nitrogens is 2. The van der Waals surface area contributed by atoms with E-state index in [-0.39, 0.29) is 6.04 Å². The van der Waals surface area contributed by atoms with Gasteiger partial charge in [-0.15, -0.1) is 0 Å². The lowest BCUT2D eigenvalue weighted by molar-refractivity contribution is 0.294. The van der Waals surface area contributed by atoms with Gasteiger partial charge >= 0.3 is 0 Å². The van der Waals surface area contributed by atoms with E-state index in [1.54, 1.807) is 4.68 Å². The molecule has 4 heteroatoms. The molecule has 1 heterocycles. The first-order valence-electron chi connectivity index (χ1n) is 6.64. The summed E-state index contributed by atoms with van der Waals surface area (Å²) in [4.78, 5) is 0. The Hall–Kier alpha value is -1.81. The topological polar surface area (TPSA) is 39.1 Å². The van der Waals surface area contributed by atoms with Crippen LogP contribution in [0.15, 0.2) is 36.5 Å². The van der Waals surface area contributed by atoms with Gasteiger partial charge < -0.3 is 10.1 Å². The predicted octanol–water partition coefficient (Wildman–Crippen LogP) is 2.67. The number of nitrogens with one attached hydrogen (secondary N) is 1. The minimum absolute atomic E-state index is 0.282. The zero-order valence-electron chi connectivity index (χ0n) is 11.8. The normalized spacial score (nSPS) is 12.4. The van der Waals surface area contributed by atoms with Crippen LogP contribution in [0.1, 0.15) is 31.1 Å². The largest absolute Gasteiger partial charge is 0.487 e. The predicted molar refractivity (Wildman–Crippen MR) is 76.1 cm³/mol. The number of rotatable bonds is 6. The summed E-state index contributed by atoms with van der Waals surface area (Å²) in [5, 5.41) is 7.72. The number of ether oxygens (including phenoxy) is 1. The monoisotopic (exact) mass is 259 g/mol. The number of aryl methyl sites for hydroxylation is 1. The lowest BCUT2D eigenvalue weighted by Gasteiger charge is -2.17. The van der Waals surface area contributed by atoms with E-state index in [1.165, 1.54) is 5.56 Å². The zero-order chi connectivity index (χ0) is 13.7. The van der Waals surface area contributed by atoms with Crippen molar-refractivity contribution in [3.63, 3.8) is 0 Å². The summed E-state index contributed by atoms with van der Waals surface area (Å²) in [7, 11) is 1.91. The lowest BCUT2D eigenvalue weighted by atomic mass is 10.1. The van der Waals surface area contributed by atoms with Crippen molar-refractivity contribution in [1.82, 2.24) is 15.1 Å².